The molecule has 0 unspecified atom stereocenters. The summed E-state index contributed by atoms with van der Waals surface area (Å²) in [6.07, 6.45) is 0. The number of para-hydroxylation sites is 1. The molecular weight excluding hydrogens is 448 g/mol. The van der Waals surface area contributed by atoms with Crippen molar-refractivity contribution in [3.8, 4) is 33.8 Å². The van der Waals surface area contributed by atoms with E-state index in [1.54, 1.807) is 0 Å². The maximum atomic E-state index is 6.85. The summed E-state index contributed by atoms with van der Waals surface area (Å²) in [5.41, 5.74) is 10.8. The van der Waals surface area contributed by atoms with Crippen LogP contribution in [0.1, 0.15) is 27.8 Å². The predicted molar refractivity (Wildman–Crippen MR) is 151 cm³/mol. The number of hydrogen-bond acceptors (Lipinski definition) is 1. The van der Waals surface area contributed by atoms with E-state index in [1.165, 1.54) is 55.3 Å². The highest BCUT2D eigenvalue weighted by molar-refractivity contribution is 5.92. The van der Waals surface area contributed by atoms with Gasteiger partial charge in [0.15, 0.2) is 0 Å². The maximum Gasteiger partial charge on any atom is 0.140 e. The van der Waals surface area contributed by atoms with Gasteiger partial charge in [-0.2, -0.15) is 0 Å². The first-order chi connectivity index (χ1) is 18.2. The molecule has 8 rings (SSSR count). The number of ether oxygens (including phenoxy) is 1. The van der Waals surface area contributed by atoms with Gasteiger partial charge in [0.1, 0.15) is 11.5 Å². The highest BCUT2D eigenvalue weighted by Crippen LogP contribution is 2.63. The van der Waals surface area contributed by atoms with Crippen LogP contribution in [0.25, 0.3) is 33.0 Å². The second kappa shape index (κ2) is 7.44. The van der Waals surface area contributed by atoms with Crippen LogP contribution in [-0.4, -0.2) is 0 Å². The minimum absolute atomic E-state index is 0.436. The Morgan fingerprint density at radius 2 is 1.11 bits per heavy atom. The standard InChI is InChI=1S/C36H24O/c1-23-20-29(26-19-18-24-10-2-3-11-25(24)22-26)35-33(21-23)36(32-16-8-9-17-34(32)37-35)30-14-6-4-12-27(30)28-13-5-7-15-31(28)36/h2-22H,1H3. The maximum absolute atomic E-state index is 6.85. The van der Waals surface area contributed by atoms with Crippen molar-refractivity contribution in [3.63, 3.8) is 0 Å². The first kappa shape index (κ1) is 20.6. The van der Waals surface area contributed by atoms with E-state index in [-0.39, 0.29) is 0 Å². The van der Waals surface area contributed by atoms with Crippen molar-refractivity contribution in [2.75, 3.05) is 0 Å². The molecule has 0 amide bonds. The van der Waals surface area contributed by atoms with Crippen molar-refractivity contribution in [3.05, 3.63) is 155 Å². The Hall–Kier alpha value is -4.62. The van der Waals surface area contributed by atoms with Gasteiger partial charge in [0, 0.05) is 16.7 Å². The van der Waals surface area contributed by atoms with Crippen LogP contribution in [-0.2, 0) is 5.41 Å². The molecule has 0 aromatic heterocycles. The zero-order valence-corrected chi connectivity index (χ0v) is 20.5. The lowest BCUT2D eigenvalue weighted by atomic mass is 9.65. The summed E-state index contributed by atoms with van der Waals surface area (Å²) in [6, 6.07) is 46.3. The molecule has 1 spiro atoms. The van der Waals surface area contributed by atoms with Gasteiger partial charge in [-0.15, -0.1) is 0 Å². The van der Waals surface area contributed by atoms with E-state index < -0.39 is 5.41 Å². The van der Waals surface area contributed by atoms with E-state index in [2.05, 4.69) is 134 Å². The summed E-state index contributed by atoms with van der Waals surface area (Å²) in [4.78, 5) is 0. The second-order valence-corrected chi connectivity index (χ2v) is 10.2. The first-order valence-corrected chi connectivity index (χ1v) is 12.9. The fraction of sp³-hybridized carbons (Fsp3) is 0.0556. The molecule has 0 bridgehead atoms. The minimum Gasteiger partial charge on any atom is -0.456 e. The summed E-state index contributed by atoms with van der Waals surface area (Å²) in [5.74, 6) is 1.87. The first-order valence-electron chi connectivity index (χ1n) is 12.9. The SMILES string of the molecule is Cc1cc(-c2ccc3ccccc3c2)c2c(c1)C1(c3ccccc3O2)c2ccccc2-c2ccccc21. The molecule has 6 aromatic rings. The average molecular weight is 473 g/mol. The predicted octanol–water partition coefficient (Wildman–Crippen LogP) is 9.28. The van der Waals surface area contributed by atoms with Gasteiger partial charge in [0.25, 0.3) is 0 Å². The van der Waals surface area contributed by atoms with E-state index in [1.807, 2.05) is 0 Å². The minimum atomic E-state index is -0.436. The van der Waals surface area contributed by atoms with Crippen LogP contribution in [0.5, 0.6) is 11.5 Å². The fourth-order valence-corrected chi connectivity index (χ4v) is 6.67. The van der Waals surface area contributed by atoms with Crippen LogP contribution in [0.15, 0.2) is 127 Å². The number of benzene rings is 6. The smallest absolute Gasteiger partial charge is 0.140 e. The third-order valence-electron chi connectivity index (χ3n) is 8.15. The van der Waals surface area contributed by atoms with Gasteiger partial charge < -0.3 is 4.74 Å². The van der Waals surface area contributed by atoms with E-state index in [0.29, 0.717) is 0 Å². The molecule has 174 valence electrons. The van der Waals surface area contributed by atoms with Crippen molar-refractivity contribution >= 4 is 10.8 Å². The molecule has 1 aliphatic carbocycles. The Balaban J connectivity index is 1.52. The molecule has 0 saturated carbocycles. The van der Waals surface area contributed by atoms with Gasteiger partial charge in [0.05, 0.1) is 5.41 Å². The Labute approximate surface area is 216 Å². The Morgan fingerprint density at radius 3 is 1.86 bits per heavy atom. The van der Waals surface area contributed by atoms with E-state index in [4.69, 9.17) is 4.74 Å². The van der Waals surface area contributed by atoms with Gasteiger partial charge in [-0.1, -0.05) is 109 Å². The van der Waals surface area contributed by atoms with Crippen LogP contribution in [0, 0.1) is 6.92 Å². The normalized spacial score (nSPS) is 14.0. The molecule has 1 heterocycles. The largest absolute Gasteiger partial charge is 0.456 e. The van der Waals surface area contributed by atoms with E-state index in [9.17, 15) is 0 Å². The monoisotopic (exact) mass is 472 g/mol. The van der Waals surface area contributed by atoms with Crippen LogP contribution in [0.4, 0.5) is 0 Å². The third-order valence-corrected chi connectivity index (χ3v) is 8.15. The Bertz CT molecular complexity index is 1830. The quantitative estimate of drug-likeness (QED) is 0.231. The molecule has 1 nitrogen and oxygen atoms in total. The second-order valence-electron chi connectivity index (χ2n) is 10.2. The summed E-state index contributed by atoms with van der Waals surface area (Å²) in [7, 11) is 0. The molecule has 0 radical (unpaired) electrons. The fourth-order valence-electron chi connectivity index (χ4n) is 6.67. The van der Waals surface area contributed by atoms with Crippen molar-refractivity contribution in [2.45, 2.75) is 12.3 Å². The van der Waals surface area contributed by atoms with Gasteiger partial charge in [-0.3, -0.25) is 0 Å². The molecule has 1 aliphatic heterocycles. The lowest BCUT2D eigenvalue weighted by molar-refractivity contribution is 0.438. The van der Waals surface area contributed by atoms with Gasteiger partial charge in [0.2, 0.25) is 0 Å². The van der Waals surface area contributed by atoms with E-state index >= 15 is 0 Å². The zero-order valence-electron chi connectivity index (χ0n) is 20.5. The highest BCUT2D eigenvalue weighted by Gasteiger charge is 2.51. The van der Waals surface area contributed by atoms with Crippen molar-refractivity contribution < 1.29 is 4.74 Å². The van der Waals surface area contributed by atoms with Gasteiger partial charge >= 0.3 is 0 Å². The Kier molecular flexibility index (Phi) is 4.14. The van der Waals surface area contributed by atoms with Crippen molar-refractivity contribution in [1.82, 2.24) is 0 Å². The van der Waals surface area contributed by atoms with E-state index in [0.717, 1.165) is 17.1 Å². The van der Waals surface area contributed by atoms with Crippen molar-refractivity contribution in [1.29, 1.82) is 0 Å². The number of aryl methyl sites for hydroxylation is 1. The number of hydrogen-bond donors (Lipinski definition) is 0. The summed E-state index contributed by atoms with van der Waals surface area (Å²) in [6.45, 7) is 2.20. The molecule has 0 fully saturated rings. The van der Waals surface area contributed by atoms with Crippen molar-refractivity contribution in [2.24, 2.45) is 0 Å². The molecule has 0 atom stereocenters. The zero-order chi connectivity index (χ0) is 24.6. The van der Waals surface area contributed by atoms with Gasteiger partial charge in [-0.25, -0.2) is 0 Å². The molecule has 0 N–H and O–H groups in total. The number of fused-ring (bicyclic) bond motifs is 10. The molecule has 0 saturated heterocycles. The number of rotatable bonds is 1. The molecule has 37 heavy (non-hydrogen) atoms. The van der Waals surface area contributed by atoms with Crippen LogP contribution in [0.2, 0.25) is 0 Å². The van der Waals surface area contributed by atoms with Crippen LogP contribution in [0.3, 0.4) is 0 Å². The molecule has 2 aliphatic rings. The van der Waals surface area contributed by atoms with Gasteiger partial charge in [-0.05, 0) is 69.3 Å². The highest BCUT2D eigenvalue weighted by atomic mass is 16.5. The topological polar surface area (TPSA) is 9.23 Å². The van der Waals surface area contributed by atoms with Crippen LogP contribution < -0.4 is 4.74 Å². The molecule has 1 heteroatoms. The molecule has 6 aromatic carbocycles. The van der Waals surface area contributed by atoms with Crippen LogP contribution >= 0.6 is 0 Å². The molecular formula is C36H24O. The Morgan fingerprint density at radius 1 is 0.486 bits per heavy atom. The summed E-state index contributed by atoms with van der Waals surface area (Å²) in [5, 5.41) is 2.48. The summed E-state index contributed by atoms with van der Waals surface area (Å²) < 4.78 is 6.85. The summed E-state index contributed by atoms with van der Waals surface area (Å²) >= 11 is 0. The average Bonchev–Trinajstić information content (AvgIpc) is 3.24. The lowest BCUT2D eigenvalue weighted by Gasteiger charge is -2.40. The third kappa shape index (κ3) is 2.69. The lowest BCUT2D eigenvalue weighted by Crippen LogP contribution is -2.32.